The van der Waals surface area contributed by atoms with Crippen molar-refractivity contribution in [1.29, 1.82) is 0 Å². The van der Waals surface area contributed by atoms with Crippen molar-refractivity contribution in [3.05, 3.63) is 39.3 Å². The van der Waals surface area contributed by atoms with Gasteiger partial charge in [0.05, 0.1) is 10.5 Å². The van der Waals surface area contributed by atoms with Gasteiger partial charge in [-0.2, -0.15) is 0 Å². The van der Waals surface area contributed by atoms with E-state index in [2.05, 4.69) is 10.5 Å². The maximum absolute atomic E-state index is 13.4. The first-order valence-electron chi connectivity index (χ1n) is 8.98. The smallest absolute Gasteiger partial charge is 0.404 e. The van der Waals surface area contributed by atoms with Gasteiger partial charge in [-0.1, -0.05) is 29.7 Å². The number of nitrogens with one attached hydrogen (secondary N) is 1. The van der Waals surface area contributed by atoms with Crippen molar-refractivity contribution >= 4 is 39.5 Å². The number of aromatic nitrogens is 2. The summed E-state index contributed by atoms with van der Waals surface area (Å²) in [6, 6.07) is 5.07. The zero-order chi connectivity index (χ0) is 19.3. The highest BCUT2D eigenvalue weighted by atomic mass is 35.5. The summed E-state index contributed by atoms with van der Waals surface area (Å²) in [6.07, 6.45) is 1.33. The Labute approximate surface area is 159 Å². The van der Waals surface area contributed by atoms with Gasteiger partial charge in [0, 0.05) is 17.5 Å². The van der Waals surface area contributed by atoms with E-state index < -0.39 is 6.09 Å². The summed E-state index contributed by atoms with van der Waals surface area (Å²) in [4.78, 5) is 24.5. The van der Waals surface area contributed by atoms with E-state index in [0.717, 1.165) is 19.3 Å². The molecule has 2 aromatic heterocycles. The molecule has 2 heterocycles. The Morgan fingerprint density at radius 3 is 2.89 bits per heavy atom. The van der Waals surface area contributed by atoms with Crippen LogP contribution in [0.15, 0.2) is 27.5 Å². The zero-order valence-corrected chi connectivity index (χ0v) is 15.8. The first kappa shape index (κ1) is 17.9. The third-order valence-corrected chi connectivity index (χ3v) is 6.00. The van der Waals surface area contributed by atoms with Gasteiger partial charge in [0.25, 0.3) is 5.56 Å². The van der Waals surface area contributed by atoms with Gasteiger partial charge in [0.2, 0.25) is 0 Å². The van der Waals surface area contributed by atoms with Crippen LogP contribution in [-0.4, -0.2) is 27.0 Å². The zero-order valence-electron chi connectivity index (χ0n) is 15.0. The molecule has 1 aliphatic carbocycles. The van der Waals surface area contributed by atoms with Crippen molar-refractivity contribution in [1.82, 2.24) is 15.0 Å². The minimum atomic E-state index is -1.04. The van der Waals surface area contributed by atoms with Gasteiger partial charge >= 0.3 is 6.09 Å². The number of aryl methyl sites for hydroxylation is 1. The summed E-state index contributed by atoms with van der Waals surface area (Å²) in [5, 5.41) is 17.4. The first-order chi connectivity index (χ1) is 12.9. The Balaban J connectivity index is 1.99. The molecule has 0 radical (unpaired) electrons. The lowest BCUT2D eigenvalue weighted by atomic mass is 9.81. The first-order valence-corrected chi connectivity index (χ1v) is 9.36. The summed E-state index contributed by atoms with van der Waals surface area (Å²) < 4.78 is 7.05. The standard InChI is InChI=1S/C19H20ClN3O4/c1-9-12(21-19(25)26)6-4-7-13(9)23-14-8-3-5-11(20)16(14)17-15(18(23)24)10(2)27-22-17/h3,5,8-9,12-13,21H,4,6-7H2,1-2H3,(H,25,26)/t9?,12-,13+/m1/s1. The lowest BCUT2D eigenvalue weighted by molar-refractivity contribution is 0.161. The Morgan fingerprint density at radius 1 is 1.37 bits per heavy atom. The summed E-state index contributed by atoms with van der Waals surface area (Å²) in [5.74, 6) is 0.404. The van der Waals surface area contributed by atoms with E-state index in [1.54, 1.807) is 23.6 Å². The highest BCUT2D eigenvalue weighted by Crippen LogP contribution is 2.38. The summed E-state index contributed by atoms with van der Waals surface area (Å²) in [6.45, 7) is 3.70. The molecule has 2 N–H and O–H groups in total. The fraction of sp³-hybridized carbons (Fsp3) is 0.421. The largest absolute Gasteiger partial charge is 0.465 e. The average Bonchev–Trinajstić information content (AvgIpc) is 2.99. The number of carboxylic acid groups (broad SMARTS) is 1. The number of amides is 1. The molecular formula is C19H20ClN3O4. The van der Waals surface area contributed by atoms with Gasteiger partial charge in [-0.05, 0) is 44.2 Å². The molecule has 3 aromatic rings. The Bertz CT molecular complexity index is 1100. The third-order valence-electron chi connectivity index (χ3n) is 5.68. The second kappa shape index (κ2) is 6.56. The van der Waals surface area contributed by atoms with Gasteiger partial charge < -0.3 is 19.5 Å². The van der Waals surface area contributed by atoms with Crippen molar-refractivity contribution in [2.45, 2.75) is 45.2 Å². The average molecular weight is 390 g/mol. The summed E-state index contributed by atoms with van der Waals surface area (Å²) >= 11 is 6.46. The molecule has 4 rings (SSSR count). The van der Waals surface area contributed by atoms with Crippen LogP contribution in [0.4, 0.5) is 4.79 Å². The van der Waals surface area contributed by atoms with Crippen LogP contribution in [0.5, 0.6) is 0 Å². The highest BCUT2D eigenvalue weighted by Gasteiger charge is 2.34. The number of nitrogens with zero attached hydrogens (tertiary/aromatic N) is 2. The van der Waals surface area contributed by atoms with Crippen LogP contribution in [-0.2, 0) is 0 Å². The Kier molecular flexibility index (Phi) is 4.34. The normalized spacial score (nSPS) is 23.0. The minimum Gasteiger partial charge on any atom is -0.465 e. The second-order valence-corrected chi connectivity index (χ2v) is 7.59. The molecule has 1 fully saturated rings. The summed E-state index contributed by atoms with van der Waals surface area (Å²) in [7, 11) is 0. The number of rotatable bonds is 2. The third kappa shape index (κ3) is 2.77. The molecule has 0 spiro atoms. The summed E-state index contributed by atoms with van der Waals surface area (Å²) in [5.41, 5.74) is 0.991. The molecule has 8 heteroatoms. The molecule has 3 atom stereocenters. The predicted molar refractivity (Wildman–Crippen MR) is 103 cm³/mol. The van der Waals surface area contributed by atoms with E-state index in [-0.39, 0.29) is 23.6 Å². The number of benzene rings is 1. The van der Waals surface area contributed by atoms with Crippen LogP contribution in [0.3, 0.4) is 0 Å². The van der Waals surface area contributed by atoms with Crippen molar-refractivity contribution < 1.29 is 14.4 Å². The minimum absolute atomic E-state index is 0.0488. The molecule has 1 aromatic carbocycles. The van der Waals surface area contributed by atoms with Gasteiger partial charge in [-0.25, -0.2) is 4.79 Å². The van der Waals surface area contributed by atoms with Gasteiger partial charge in [0.1, 0.15) is 16.7 Å². The van der Waals surface area contributed by atoms with Crippen molar-refractivity contribution in [2.75, 3.05) is 0 Å². The quantitative estimate of drug-likeness (QED) is 0.687. The fourth-order valence-corrected chi connectivity index (χ4v) is 4.63. The van der Waals surface area contributed by atoms with Crippen molar-refractivity contribution in [3.8, 4) is 0 Å². The lowest BCUT2D eigenvalue weighted by Gasteiger charge is -2.37. The monoisotopic (exact) mass is 389 g/mol. The maximum atomic E-state index is 13.4. The molecule has 0 aliphatic heterocycles. The Hall–Kier alpha value is -2.54. The molecule has 27 heavy (non-hydrogen) atoms. The van der Waals surface area contributed by atoms with E-state index >= 15 is 0 Å². The number of fused-ring (bicyclic) bond motifs is 3. The number of halogens is 1. The van der Waals surface area contributed by atoms with Gasteiger partial charge in [-0.15, -0.1) is 0 Å². The number of pyridine rings is 1. The molecule has 0 saturated heterocycles. The van der Waals surface area contributed by atoms with E-state index in [1.807, 2.05) is 13.0 Å². The SMILES string of the molecule is Cc1onc2c1c(=O)n([C@H]1CCC[C@@H](NC(=O)O)C1C)c1cccc(Cl)c21. The van der Waals surface area contributed by atoms with Crippen molar-refractivity contribution in [2.24, 2.45) is 5.92 Å². The molecule has 1 unspecified atom stereocenters. The molecule has 0 bridgehead atoms. The topological polar surface area (TPSA) is 97.4 Å². The van der Waals surface area contributed by atoms with E-state index in [9.17, 15) is 9.59 Å². The Morgan fingerprint density at radius 2 is 2.15 bits per heavy atom. The number of carbonyl (C=O) groups is 1. The van der Waals surface area contributed by atoms with E-state index in [0.29, 0.717) is 32.6 Å². The number of hydrogen-bond donors (Lipinski definition) is 2. The van der Waals surface area contributed by atoms with Crippen LogP contribution in [0, 0.1) is 12.8 Å². The van der Waals surface area contributed by atoms with Crippen LogP contribution in [0.2, 0.25) is 5.02 Å². The molecule has 1 amide bonds. The predicted octanol–water partition coefficient (Wildman–Crippen LogP) is 4.10. The molecular weight excluding hydrogens is 370 g/mol. The van der Waals surface area contributed by atoms with Crippen LogP contribution < -0.4 is 10.9 Å². The molecule has 142 valence electrons. The van der Waals surface area contributed by atoms with Crippen LogP contribution in [0.25, 0.3) is 21.8 Å². The van der Waals surface area contributed by atoms with Gasteiger partial charge in [-0.3, -0.25) is 4.79 Å². The molecule has 1 saturated carbocycles. The van der Waals surface area contributed by atoms with Gasteiger partial charge in [0.15, 0.2) is 0 Å². The molecule has 7 nitrogen and oxygen atoms in total. The van der Waals surface area contributed by atoms with Crippen LogP contribution in [0.1, 0.15) is 38.0 Å². The lowest BCUT2D eigenvalue weighted by Crippen LogP contribution is -2.46. The highest BCUT2D eigenvalue weighted by molar-refractivity contribution is 6.37. The molecule has 1 aliphatic rings. The maximum Gasteiger partial charge on any atom is 0.404 e. The van der Waals surface area contributed by atoms with Crippen LogP contribution >= 0.6 is 11.6 Å². The van der Waals surface area contributed by atoms with Crippen molar-refractivity contribution in [3.63, 3.8) is 0 Å². The van der Waals surface area contributed by atoms with E-state index in [4.69, 9.17) is 21.2 Å². The fourth-order valence-electron chi connectivity index (χ4n) is 4.37. The second-order valence-electron chi connectivity index (χ2n) is 7.18. The van der Waals surface area contributed by atoms with E-state index in [1.165, 1.54) is 0 Å². The number of hydrogen-bond acceptors (Lipinski definition) is 4.